The Morgan fingerprint density at radius 3 is 1.61 bits per heavy atom. The number of anilines is 3. The summed E-state index contributed by atoms with van der Waals surface area (Å²) in [5, 5.41) is 2.59. The third kappa shape index (κ3) is 4.87. The first-order valence-electron chi connectivity index (χ1n) is 20.7. The van der Waals surface area contributed by atoms with Gasteiger partial charge in [-0.2, -0.15) is 0 Å². The molecule has 0 spiro atoms. The Morgan fingerprint density at radius 2 is 0.982 bits per heavy atom. The van der Waals surface area contributed by atoms with Crippen LogP contribution in [0.1, 0.15) is 93.5 Å². The molecule has 2 nitrogen and oxygen atoms in total. The molecule has 0 bridgehead atoms. The Hall–Kier alpha value is -5.86. The molecule has 0 unspecified atom stereocenters. The van der Waals surface area contributed by atoms with Crippen LogP contribution in [-0.4, -0.2) is 4.57 Å². The molecule has 3 aliphatic rings. The standard InChI is InChI=1S/C54H48N2/c1-53(2)47-21-13-11-19-41(47)43-28-24-39(33-49(43)53)55(40-25-29-44-42-20-12-14-22-48(42)54(3,4)50(44)34-40)38-26-30-51-46(32-38)45-27-23-36(35-15-7-5-8-16-35)31-52(45)56(51)37-17-9-6-10-18-37/h6,9-14,17-35H,5,7-8,15-16H2,1-4H3. The Bertz CT molecular complexity index is 2740. The third-order valence-electron chi connectivity index (χ3n) is 13.8. The third-order valence-corrected chi connectivity index (χ3v) is 13.8. The van der Waals surface area contributed by atoms with Gasteiger partial charge in [0, 0.05) is 44.4 Å². The van der Waals surface area contributed by atoms with Crippen molar-refractivity contribution >= 4 is 38.9 Å². The molecule has 274 valence electrons. The molecule has 0 amide bonds. The Morgan fingerprint density at radius 1 is 0.446 bits per heavy atom. The summed E-state index contributed by atoms with van der Waals surface area (Å²) in [5.41, 5.74) is 19.5. The van der Waals surface area contributed by atoms with Crippen LogP contribution in [0.5, 0.6) is 0 Å². The molecule has 0 aliphatic heterocycles. The summed E-state index contributed by atoms with van der Waals surface area (Å²) in [5.74, 6) is 0.645. The second-order valence-electron chi connectivity index (χ2n) is 17.6. The minimum atomic E-state index is -0.0989. The first-order chi connectivity index (χ1) is 27.3. The molecule has 2 heteroatoms. The number of fused-ring (bicyclic) bond motifs is 9. The van der Waals surface area contributed by atoms with E-state index in [1.165, 1.54) is 127 Å². The average molecular weight is 725 g/mol. The summed E-state index contributed by atoms with van der Waals surface area (Å²) in [6.45, 7) is 9.53. The van der Waals surface area contributed by atoms with Crippen molar-refractivity contribution in [2.45, 2.75) is 76.5 Å². The predicted molar refractivity (Wildman–Crippen MR) is 236 cm³/mol. The highest BCUT2D eigenvalue weighted by Gasteiger charge is 2.38. The van der Waals surface area contributed by atoms with Crippen molar-refractivity contribution in [3.05, 3.63) is 179 Å². The van der Waals surface area contributed by atoms with Crippen molar-refractivity contribution in [3.8, 4) is 27.9 Å². The molecule has 7 aromatic carbocycles. The van der Waals surface area contributed by atoms with Gasteiger partial charge in [0.2, 0.25) is 0 Å². The van der Waals surface area contributed by atoms with E-state index in [1.807, 2.05) is 0 Å². The van der Waals surface area contributed by atoms with Crippen LogP contribution >= 0.6 is 0 Å². The van der Waals surface area contributed by atoms with E-state index in [1.54, 1.807) is 0 Å². The van der Waals surface area contributed by atoms with Crippen molar-refractivity contribution < 1.29 is 0 Å². The molecule has 1 aromatic heterocycles. The van der Waals surface area contributed by atoms with E-state index in [0.29, 0.717) is 5.92 Å². The maximum atomic E-state index is 2.51. The zero-order valence-electron chi connectivity index (χ0n) is 32.9. The van der Waals surface area contributed by atoms with Gasteiger partial charge in [-0.05, 0) is 129 Å². The lowest BCUT2D eigenvalue weighted by Crippen LogP contribution is -2.18. The van der Waals surface area contributed by atoms with Gasteiger partial charge in [-0.3, -0.25) is 0 Å². The van der Waals surface area contributed by atoms with E-state index in [4.69, 9.17) is 0 Å². The van der Waals surface area contributed by atoms with Crippen LogP contribution in [0.25, 0.3) is 49.7 Å². The van der Waals surface area contributed by atoms with Gasteiger partial charge < -0.3 is 9.47 Å². The lowest BCUT2D eigenvalue weighted by atomic mass is 9.82. The lowest BCUT2D eigenvalue weighted by Gasteiger charge is -2.30. The molecule has 56 heavy (non-hydrogen) atoms. The molecule has 0 saturated heterocycles. The molecule has 0 atom stereocenters. The largest absolute Gasteiger partial charge is 0.310 e. The molecule has 1 heterocycles. The summed E-state index contributed by atoms with van der Waals surface area (Å²) < 4.78 is 2.50. The number of para-hydroxylation sites is 1. The van der Waals surface area contributed by atoms with Gasteiger partial charge >= 0.3 is 0 Å². The number of nitrogens with zero attached hydrogens (tertiary/aromatic N) is 2. The quantitative estimate of drug-likeness (QED) is 0.172. The maximum Gasteiger partial charge on any atom is 0.0543 e. The summed E-state index contributed by atoms with van der Waals surface area (Å²) in [6.07, 6.45) is 6.62. The molecular weight excluding hydrogens is 677 g/mol. The average Bonchev–Trinajstić information content (AvgIpc) is 3.77. The smallest absolute Gasteiger partial charge is 0.0543 e. The second kappa shape index (κ2) is 12.3. The highest BCUT2D eigenvalue weighted by Crippen LogP contribution is 2.53. The SMILES string of the molecule is CC1(C)c2ccccc2-c2ccc(N(c3ccc4c(c3)C(C)(C)c3ccccc3-4)c3ccc4c(c3)c3ccc(C5CCCCC5)cc3n4-c3ccccc3)cc21. The van der Waals surface area contributed by atoms with E-state index in [0.717, 1.165) is 0 Å². The number of rotatable bonds is 5. The highest BCUT2D eigenvalue weighted by atomic mass is 15.1. The molecule has 0 N–H and O–H groups in total. The van der Waals surface area contributed by atoms with Gasteiger partial charge in [0.05, 0.1) is 11.0 Å². The minimum absolute atomic E-state index is 0.0989. The number of aromatic nitrogens is 1. The molecule has 11 rings (SSSR count). The van der Waals surface area contributed by atoms with E-state index in [-0.39, 0.29) is 10.8 Å². The van der Waals surface area contributed by atoms with Crippen molar-refractivity contribution in [3.63, 3.8) is 0 Å². The minimum Gasteiger partial charge on any atom is -0.310 e. The fourth-order valence-corrected chi connectivity index (χ4v) is 10.8. The molecular formula is C54H48N2. The monoisotopic (exact) mass is 724 g/mol. The van der Waals surface area contributed by atoms with Gasteiger partial charge in [-0.1, -0.05) is 138 Å². The Kier molecular flexibility index (Phi) is 7.37. The van der Waals surface area contributed by atoms with Crippen LogP contribution in [0.2, 0.25) is 0 Å². The summed E-state index contributed by atoms with van der Waals surface area (Å²) in [4.78, 5) is 2.51. The number of hydrogen-bond acceptors (Lipinski definition) is 1. The molecule has 1 saturated carbocycles. The van der Waals surface area contributed by atoms with Gasteiger partial charge in [0.15, 0.2) is 0 Å². The zero-order valence-corrected chi connectivity index (χ0v) is 32.9. The van der Waals surface area contributed by atoms with E-state index in [9.17, 15) is 0 Å². The van der Waals surface area contributed by atoms with Crippen LogP contribution in [0.4, 0.5) is 17.1 Å². The molecule has 0 radical (unpaired) electrons. The first kappa shape index (κ1) is 33.5. The number of hydrogen-bond donors (Lipinski definition) is 0. The predicted octanol–water partition coefficient (Wildman–Crippen LogP) is 14.9. The fraction of sp³-hybridized carbons (Fsp3) is 0.222. The van der Waals surface area contributed by atoms with Crippen molar-refractivity contribution in [2.24, 2.45) is 0 Å². The maximum absolute atomic E-state index is 2.51. The second-order valence-corrected chi connectivity index (χ2v) is 17.6. The van der Waals surface area contributed by atoms with Gasteiger partial charge in [0.25, 0.3) is 0 Å². The number of benzene rings is 7. The molecule has 8 aromatic rings. The van der Waals surface area contributed by atoms with Gasteiger partial charge in [-0.25, -0.2) is 0 Å². The molecule has 3 aliphatic carbocycles. The summed E-state index contributed by atoms with van der Waals surface area (Å²) >= 11 is 0. The van der Waals surface area contributed by atoms with Crippen molar-refractivity contribution in [2.75, 3.05) is 4.90 Å². The highest BCUT2D eigenvalue weighted by molar-refractivity contribution is 6.11. The van der Waals surface area contributed by atoms with Crippen LogP contribution in [0, 0.1) is 0 Å². The Balaban J connectivity index is 1.13. The topological polar surface area (TPSA) is 8.17 Å². The summed E-state index contributed by atoms with van der Waals surface area (Å²) in [7, 11) is 0. The zero-order chi connectivity index (χ0) is 37.8. The van der Waals surface area contributed by atoms with Crippen LogP contribution in [0.15, 0.2) is 152 Å². The van der Waals surface area contributed by atoms with E-state index < -0.39 is 0 Å². The van der Waals surface area contributed by atoms with E-state index >= 15 is 0 Å². The fourth-order valence-electron chi connectivity index (χ4n) is 10.8. The molecule has 1 fully saturated rings. The van der Waals surface area contributed by atoms with Crippen molar-refractivity contribution in [1.82, 2.24) is 4.57 Å². The first-order valence-corrected chi connectivity index (χ1v) is 20.7. The van der Waals surface area contributed by atoms with Crippen LogP contribution in [0.3, 0.4) is 0 Å². The summed E-state index contributed by atoms with van der Waals surface area (Å²) in [6, 6.07) is 57.7. The van der Waals surface area contributed by atoms with Gasteiger partial charge in [-0.15, -0.1) is 0 Å². The van der Waals surface area contributed by atoms with Crippen molar-refractivity contribution in [1.29, 1.82) is 0 Å². The van der Waals surface area contributed by atoms with Crippen LogP contribution < -0.4 is 4.90 Å². The normalized spacial score (nSPS) is 16.4. The Labute approximate surface area is 331 Å². The van der Waals surface area contributed by atoms with E-state index in [2.05, 4.69) is 189 Å². The lowest BCUT2D eigenvalue weighted by molar-refractivity contribution is 0.444. The van der Waals surface area contributed by atoms with Gasteiger partial charge in [0.1, 0.15) is 0 Å². The van der Waals surface area contributed by atoms with Crippen LogP contribution in [-0.2, 0) is 10.8 Å².